The highest BCUT2D eigenvalue weighted by atomic mass is 32.2. The number of H-pyrrole nitrogens is 2. The standard InChI is InChI=1S/C33H31FN8O3S/c1-46(44,45)37-14-19-9-21(11-23(34)10-19)26-17-36-18-30-25(26)13-29(39-30)32-31-28(41-42-32)8-7-27(40-31)22-12-24(16-35-15-22)38-33(43)20-5-3-2-4-6-20/h7-13,15-18,20,37,39H,2-6,14H2,1H3,(H,38,43)(H,41,42). The minimum absolute atomic E-state index is 0.0342. The van der Waals surface area contributed by atoms with Gasteiger partial charge < -0.3 is 10.3 Å². The van der Waals surface area contributed by atoms with Gasteiger partial charge in [-0.05, 0) is 66.4 Å². The Hall–Kier alpha value is -5.01. The van der Waals surface area contributed by atoms with E-state index in [1.54, 1.807) is 30.9 Å². The molecule has 0 spiro atoms. The van der Waals surface area contributed by atoms with Crippen LogP contribution in [0.5, 0.6) is 0 Å². The van der Waals surface area contributed by atoms with E-state index in [0.29, 0.717) is 50.5 Å². The molecule has 1 aliphatic carbocycles. The van der Waals surface area contributed by atoms with E-state index in [1.165, 1.54) is 18.6 Å². The number of amides is 1. The summed E-state index contributed by atoms with van der Waals surface area (Å²) in [5.41, 5.74) is 7.13. The maximum absolute atomic E-state index is 14.6. The molecule has 1 amide bonds. The molecule has 6 aromatic rings. The number of nitrogens with zero attached hydrogens (tertiary/aromatic N) is 4. The number of hydrogen-bond donors (Lipinski definition) is 4. The zero-order valence-electron chi connectivity index (χ0n) is 25.0. The Kier molecular flexibility index (Phi) is 7.79. The molecule has 0 saturated heterocycles. The van der Waals surface area contributed by atoms with Gasteiger partial charge in [0, 0.05) is 41.4 Å². The number of pyridine rings is 3. The van der Waals surface area contributed by atoms with Crippen molar-refractivity contribution in [2.75, 3.05) is 11.6 Å². The minimum atomic E-state index is -3.45. The number of halogens is 1. The summed E-state index contributed by atoms with van der Waals surface area (Å²) in [6.45, 7) is -0.0377. The molecule has 0 radical (unpaired) electrons. The quantitative estimate of drug-likeness (QED) is 0.161. The molecule has 0 unspecified atom stereocenters. The summed E-state index contributed by atoms with van der Waals surface area (Å²) < 4.78 is 40.2. The number of hydrogen-bond acceptors (Lipinski definition) is 7. The number of benzene rings is 1. The molecule has 11 nitrogen and oxygen atoms in total. The first-order valence-corrected chi connectivity index (χ1v) is 16.9. The SMILES string of the molecule is CS(=O)(=O)NCc1cc(F)cc(-c2cncc3[nH]c(-c4n[nH]c5ccc(-c6cncc(NC(=O)C7CCCCC7)c6)nc45)cc23)c1. The Morgan fingerprint density at radius 1 is 0.957 bits per heavy atom. The zero-order chi connectivity index (χ0) is 31.8. The largest absolute Gasteiger partial charge is 0.352 e. The lowest BCUT2D eigenvalue weighted by Crippen LogP contribution is -2.24. The lowest BCUT2D eigenvalue weighted by Gasteiger charge is -2.20. The molecule has 46 heavy (non-hydrogen) atoms. The second-order valence-electron chi connectivity index (χ2n) is 11.7. The molecular weight excluding hydrogens is 607 g/mol. The Balaban J connectivity index is 1.21. The summed E-state index contributed by atoms with van der Waals surface area (Å²) >= 11 is 0. The lowest BCUT2D eigenvalue weighted by molar-refractivity contribution is -0.120. The third-order valence-corrected chi connectivity index (χ3v) is 8.96. The third-order valence-electron chi connectivity index (χ3n) is 8.29. The molecule has 0 atom stereocenters. The fourth-order valence-electron chi connectivity index (χ4n) is 6.04. The van der Waals surface area contributed by atoms with Gasteiger partial charge in [0.2, 0.25) is 15.9 Å². The Morgan fingerprint density at radius 3 is 2.61 bits per heavy atom. The summed E-state index contributed by atoms with van der Waals surface area (Å²) in [7, 11) is -3.45. The third kappa shape index (κ3) is 6.24. The summed E-state index contributed by atoms with van der Waals surface area (Å²) in [5.74, 6) is -0.420. The first kappa shape index (κ1) is 29.7. The van der Waals surface area contributed by atoms with Gasteiger partial charge >= 0.3 is 0 Å². The number of rotatable bonds is 8. The van der Waals surface area contributed by atoms with Crippen LogP contribution in [0.3, 0.4) is 0 Å². The monoisotopic (exact) mass is 638 g/mol. The van der Waals surface area contributed by atoms with E-state index in [0.717, 1.165) is 48.4 Å². The highest BCUT2D eigenvalue weighted by Crippen LogP contribution is 2.34. The van der Waals surface area contributed by atoms with Crippen LogP contribution >= 0.6 is 0 Å². The molecule has 5 heterocycles. The Labute approximate surface area is 264 Å². The first-order chi connectivity index (χ1) is 22.2. The summed E-state index contributed by atoms with van der Waals surface area (Å²) in [5, 5.41) is 11.4. The second-order valence-corrected chi connectivity index (χ2v) is 13.6. The van der Waals surface area contributed by atoms with Crippen LogP contribution in [-0.2, 0) is 21.4 Å². The average molecular weight is 639 g/mol. The van der Waals surface area contributed by atoms with Gasteiger partial charge in [-0.2, -0.15) is 5.10 Å². The average Bonchev–Trinajstić information content (AvgIpc) is 3.68. The topological polar surface area (TPSA) is 158 Å². The molecular formula is C33H31FN8O3S. The number of anilines is 1. The van der Waals surface area contributed by atoms with Gasteiger partial charge in [-0.1, -0.05) is 19.3 Å². The lowest BCUT2D eigenvalue weighted by atomic mass is 9.88. The predicted octanol–water partition coefficient (Wildman–Crippen LogP) is 5.94. The van der Waals surface area contributed by atoms with Crippen molar-refractivity contribution in [3.8, 4) is 33.8 Å². The van der Waals surface area contributed by atoms with E-state index in [2.05, 4.69) is 35.2 Å². The number of carbonyl (C=O) groups excluding carboxylic acids is 1. The number of nitrogens with one attached hydrogen (secondary N) is 4. The zero-order valence-corrected chi connectivity index (χ0v) is 25.8. The van der Waals surface area contributed by atoms with Crippen LogP contribution in [0, 0.1) is 11.7 Å². The Morgan fingerprint density at radius 2 is 1.78 bits per heavy atom. The molecule has 0 bridgehead atoms. The number of aromatic amines is 2. The van der Waals surface area contributed by atoms with Crippen LogP contribution in [0.15, 0.2) is 67.3 Å². The predicted molar refractivity (Wildman–Crippen MR) is 174 cm³/mol. The van der Waals surface area contributed by atoms with Crippen molar-refractivity contribution in [3.63, 3.8) is 0 Å². The number of fused-ring (bicyclic) bond motifs is 2. The highest BCUT2D eigenvalue weighted by Gasteiger charge is 2.22. The van der Waals surface area contributed by atoms with E-state index in [4.69, 9.17) is 4.98 Å². The van der Waals surface area contributed by atoms with Crippen molar-refractivity contribution in [2.24, 2.45) is 5.92 Å². The maximum atomic E-state index is 14.6. The molecule has 1 aromatic carbocycles. The first-order valence-electron chi connectivity index (χ1n) is 15.0. The van der Waals surface area contributed by atoms with Crippen molar-refractivity contribution in [1.29, 1.82) is 0 Å². The van der Waals surface area contributed by atoms with Crippen molar-refractivity contribution in [2.45, 2.75) is 38.6 Å². The van der Waals surface area contributed by atoms with Gasteiger partial charge in [-0.15, -0.1) is 0 Å². The van der Waals surface area contributed by atoms with E-state index in [9.17, 15) is 17.6 Å². The van der Waals surface area contributed by atoms with Crippen LogP contribution in [0.1, 0.15) is 37.7 Å². The van der Waals surface area contributed by atoms with Gasteiger partial charge in [0.15, 0.2) is 0 Å². The molecule has 7 rings (SSSR count). The molecule has 0 aliphatic heterocycles. The normalized spacial score (nSPS) is 14.2. The van der Waals surface area contributed by atoms with E-state index >= 15 is 0 Å². The van der Waals surface area contributed by atoms with E-state index in [-0.39, 0.29) is 18.4 Å². The minimum Gasteiger partial charge on any atom is -0.352 e. The van der Waals surface area contributed by atoms with Gasteiger partial charge in [0.25, 0.3) is 0 Å². The van der Waals surface area contributed by atoms with Crippen molar-refractivity contribution in [3.05, 3.63) is 78.6 Å². The fraction of sp³-hybridized carbons (Fsp3) is 0.242. The van der Waals surface area contributed by atoms with Crippen molar-refractivity contribution < 1.29 is 17.6 Å². The van der Waals surface area contributed by atoms with E-state index in [1.807, 2.05) is 24.3 Å². The Bertz CT molecular complexity index is 2210. The molecule has 1 saturated carbocycles. The van der Waals surface area contributed by atoms with Gasteiger partial charge in [-0.25, -0.2) is 22.5 Å². The molecule has 5 aromatic heterocycles. The fourth-order valence-corrected chi connectivity index (χ4v) is 6.46. The van der Waals surface area contributed by atoms with Crippen LogP contribution < -0.4 is 10.0 Å². The highest BCUT2D eigenvalue weighted by molar-refractivity contribution is 7.88. The molecule has 234 valence electrons. The van der Waals surface area contributed by atoms with Crippen LogP contribution in [0.25, 0.3) is 55.7 Å². The number of sulfonamides is 1. The summed E-state index contributed by atoms with van der Waals surface area (Å²) in [6, 6.07) is 12.0. The maximum Gasteiger partial charge on any atom is 0.227 e. The number of aromatic nitrogens is 6. The molecule has 4 N–H and O–H groups in total. The van der Waals surface area contributed by atoms with Gasteiger partial charge in [-0.3, -0.25) is 19.9 Å². The van der Waals surface area contributed by atoms with Crippen LogP contribution in [0.2, 0.25) is 0 Å². The number of carbonyl (C=O) groups is 1. The van der Waals surface area contributed by atoms with Crippen molar-refractivity contribution in [1.82, 2.24) is 34.9 Å². The van der Waals surface area contributed by atoms with Gasteiger partial charge in [0.05, 0.1) is 46.8 Å². The molecule has 1 aliphatic rings. The van der Waals surface area contributed by atoms with Crippen LogP contribution in [-0.4, -0.2) is 50.7 Å². The molecule has 13 heteroatoms. The molecule has 1 fully saturated rings. The van der Waals surface area contributed by atoms with Crippen molar-refractivity contribution >= 4 is 43.6 Å². The second kappa shape index (κ2) is 12.1. The van der Waals surface area contributed by atoms with Crippen LogP contribution in [0.4, 0.5) is 10.1 Å². The van der Waals surface area contributed by atoms with Gasteiger partial charge in [0.1, 0.15) is 17.0 Å². The smallest absolute Gasteiger partial charge is 0.227 e. The summed E-state index contributed by atoms with van der Waals surface area (Å²) in [4.78, 5) is 29.8. The van der Waals surface area contributed by atoms with E-state index < -0.39 is 15.8 Å². The summed E-state index contributed by atoms with van der Waals surface area (Å²) in [6.07, 6.45) is 12.9.